The molecule has 2 amide bonds. The van der Waals surface area contributed by atoms with E-state index in [9.17, 15) is 4.79 Å². The average molecular weight is 421 g/mol. The van der Waals surface area contributed by atoms with Gasteiger partial charge >= 0.3 is 11.2 Å². The Balaban J connectivity index is 1.71. The van der Waals surface area contributed by atoms with Gasteiger partial charge in [-0.2, -0.15) is 0 Å². The number of nitrogens with one attached hydrogen (secondary N) is 1. The fourth-order valence-electron chi connectivity index (χ4n) is 5.04. The summed E-state index contributed by atoms with van der Waals surface area (Å²) in [5.41, 5.74) is 3.35. The molecule has 1 aromatic heterocycles. The lowest BCUT2D eigenvalue weighted by molar-refractivity contribution is 0.181. The number of rotatable bonds is 2. The van der Waals surface area contributed by atoms with Crippen LogP contribution in [0.5, 0.6) is 0 Å². The number of hydrogen-bond acceptors (Lipinski definition) is 5. The first-order valence-corrected chi connectivity index (χ1v) is 11.2. The predicted octanol–water partition coefficient (Wildman–Crippen LogP) is 4.16. The maximum Gasteiger partial charge on any atom is 0.430 e. The van der Waals surface area contributed by atoms with Crippen LogP contribution in [0, 0.1) is 0 Å². The molecule has 1 fully saturated rings. The van der Waals surface area contributed by atoms with Crippen LogP contribution in [0.4, 0.5) is 15.6 Å². The summed E-state index contributed by atoms with van der Waals surface area (Å²) < 4.78 is 0.119. The lowest BCUT2D eigenvalue weighted by Crippen LogP contribution is -2.57. The summed E-state index contributed by atoms with van der Waals surface area (Å²) in [4.78, 5) is 15.5. The van der Waals surface area contributed by atoms with E-state index in [0.29, 0.717) is 6.54 Å². The summed E-state index contributed by atoms with van der Waals surface area (Å²) >= 11 is 1.53. The van der Waals surface area contributed by atoms with Gasteiger partial charge in [0.25, 0.3) is 0 Å². The lowest BCUT2D eigenvalue weighted by atomic mass is 9.75. The third-order valence-corrected chi connectivity index (χ3v) is 7.54. The molecule has 1 atom stereocenters. The van der Waals surface area contributed by atoms with Gasteiger partial charge in [0.15, 0.2) is 10.7 Å². The SMILES string of the molecule is CN(C)C(=O)[N+]1(c2nnc(-c3ccccc3)s2)CC2(CCNCC2)c2ccccc21. The van der Waals surface area contributed by atoms with E-state index in [4.69, 9.17) is 0 Å². The summed E-state index contributed by atoms with van der Waals surface area (Å²) in [5.74, 6) is 0. The first kappa shape index (κ1) is 19.4. The van der Waals surface area contributed by atoms with E-state index in [0.717, 1.165) is 47.3 Å². The molecule has 0 bridgehead atoms. The zero-order valence-corrected chi connectivity index (χ0v) is 18.2. The van der Waals surface area contributed by atoms with Crippen molar-refractivity contribution in [1.29, 1.82) is 0 Å². The Labute approximate surface area is 180 Å². The molecule has 154 valence electrons. The fourth-order valence-corrected chi connectivity index (χ4v) is 6.03. The smallest absolute Gasteiger partial charge is 0.317 e. The summed E-state index contributed by atoms with van der Waals surface area (Å²) in [6, 6.07) is 18.6. The zero-order chi connectivity index (χ0) is 20.8. The van der Waals surface area contributed by atoms with E-state index in [1.807, 2.05) is 50.5 Å². The number of carbonyl (C=O) groups is 1. The summed E-state index contributed by atoms with van der Waals surface area (Å²) in [6.07, 6.45) is 2.05. The maximum absolute atomic E-state index is 13.8. The van der Waals surface area contributed by atoms with Crippen molar-refractivity contribution in [3.05, 3.63) is 60.2 Å². The minimum atomic E-state index is -0.0217. The molecular formula is C23H26N5OS+. The molecule has 2 aliphatic heterocycles. The van der Waals surface area contributed by atoms with Crippen LogP contribution in [-0.2, 0) is 5.41 Å². The largest absolute Gasteiger partial charge is 0.430 e. The molecule has 0 radical (unpaired) electrons. The molecule has 5 rings (SSSR count). The third-order valence-electron chi connectivity index (χ3n) is 6.46. The highest BCUT2D eigenvalue weighted by Crippen LogP contribution is 2.55. The first-order chi connectivity index (χ1) is 14.6. The van der Waals surface area contributed by atoms with Crippen molar-refractivity contribution in [2.75, 3.05) is 33.7 Å². The van der Waals surface area contributed by atoms with Crippen molar-refractivity contribution in [3.8, 4) is 10.6 Å². The van der Waals surface area contributed by atoms with Crippen LogP contribution >= 0.6 is 11.3 Å². The Morgan fingerprint density at radius 2 is 1.73 bits per heavy atom. The van der Waals surface area contributed by atoms with Gasteiger partial charge in [-0.25, -0.2) is 4.79 Å². The molecule has 6 nitrogen and oxygen atoms in total. The number of amides is 2. The van der Waals surface area contributed by atoms with Crippen LogP contribution in [0.25, 0.3) is 10.6 Å². The Hall–Kier alpha value is -2.61. The second kappa shape index (κ2) is 7.27. The molecule has 1 spiro atoms. The Morgan fingerprint density at radius 3 is 2.47 bits per heavy atom. The summed E-state index contributed by atoms with van der Waals surface area (Å²) in [7, 11) is 3.66. The minimum absolute atomic E-state index is 0.0217. The van der Waals surface area contributed by atoms with Crippen molar-refractivity contribution in [2.24, 2.45) is 0 Å². The zero-order valence-electron chi connectivity index (χ0n) is 17.3. The van der Waals surface area contributed by atoms with E-state index >= 15 is 0 Å². The molecule has 1 saturated heterocycles. The minimum Gasteiger partial charge on any atom is -0.317 e. The summed E-state index contributed by atoms with van der Waals surface area (Å²) in [6.45, 7) is 2.64. The number of aromatic nitrogens is 2. The van der Waals surface area contributed by atoms with E-state index in [-0.39, 0.29) is 15.9 Å². The van der Waals surface area contributed by atoms with Crippen molar-refractivity contribution in [2.45, 2.75) is 18.3 Å². The van der Waals surface area contributed by atoms with Crippen molar-refractivity contribution >= 4 is 28.2 Å². The van der Waals surface area contributed by atoms with Crippen LogP contribution in [0.2, 0.25) is 0 Å². The fraction of sp³-hybridized carbons (Fsp3) is 0.348. The molecule has 3 heterocycles. The highest BCUT2D eigenvalue weighted by Gasteiger charge is 2.60. The number of para-hydroxylation sites is 1. The molecule has 2 aromatic carbocycles. The Kier molecular flexibility index (Phi) is 4.69. The van der Waals surface area contributed by atoms with E-state index < -0.39 is 0 Å². The average Bonchev–Trinajstić information content (AvgIpc) is 3.38. The summed E-state index contributed by atoms with van der Waals surface area (Å²) in [5, 5.41) is 14.2. The molecule has 30 heavy (non-hydrogen) atoms. The normalized spacial score (nSPS) is 22.1. The standard InChI is InChI=1S/C23H26N5OS/c1-27(2)22(29)28(21-26-25-20(30-21)17-8-4-3-5-9-17)16-23(12-14-24-15-13-23)18-10-6-7-11-19(18)28/h3-11,24H,12-16H2,1-2H3/q+1. The number of carbonyl (C=O) groups excluding carboxylic acids is 1. The number of nitrogens with zero attached hydrogens (tertiary/aromatic N) is 4. The number of fused-ring (bicyclic) bond motifs is 2. The number of piperidine rings is 1. The van der Waals surface area contributed by atoms with Gasteiger partial charge in [-0.1, -0.05) is 53.6 Å². The molecule has 3 aromatic rings. The van der Waals surface area contributed by atoms with E-state index in [1.165, 1.54) is 16.9 Å². The molecule has 0 aliphatic carbocycles. The molecular weight excluding hydrogens is 394 g/mol. The monoisotopic (exact) mass is 420 g/mol. The predicted molar refractivity (Wildman–Crippen MR) is 121 cm³/mol. The first-order valence-electron chi connectivity index (χ1n) is 10.4. The van der Waals surface area contributed by atoms with Gasteiger partial charge in [0.2, 0.25) is 0 Å². The van der Waals surface area contributed by atoms with Gasteiger partial charge in [0.05, 0.1) is 5.41 Å². The maximum atomic E-state index is 13.8. The molecule has 1 unspecified atom stereocenters. The van der Waals surface area contributed by atoms with Gasteiger partial charge in [-0.3, -0.25) is 4.90 Å². The number of benzene rings is 2. The third kappa shape index (κ3) is 2.80. The molecule has 1 N–H and O–H groups in total. The number of hydrogen-bond donors (Lipinski definition) is 1. The molecule has 7 heteroatoms. The van der Waals surface area contributed by atoms with Crippen LogP contribution in [0.1, 0.15) is 18.4 Å². The van der Waals surface area contributed by atoms with Gasteiger partial charge < -0.3 is 5.32 Å². The van der Waals surface area contributed by atoms with Crippen molar-refractivity contribution in [3.63, 3.8) is 0 Å². The van der Waals surface area contributed by atoms with Gasteiger partial charge in [-0.15, -0.1) is 9.58 Å². The van der Waals surface area contributed by atoms with Crippen LogP contribution in [0.3, 0.4) is 0 Å². The topological polar surface area (TPSA) is 58.1 Å². The lowest BCUT2D eigenvalue weighted by Gasteiger charge is -2.36. The number of urea groups is 1. The quantitative estimate of drug-likeness (QED) is 0.633. The Morgan fingerprint density at radius 1 is 1.03 bits per heavy atom. The molecule has 2 aliphatic rings. The Bertz CT molecular complexity index is 1070. The van der Waals surface area contributed by atoms with Crippen molar-refractivity contribution < 1.29 is 4.79 Å². The van der Waals surface area contributed by atoms with Crippen LogP contribution < -0.4 is 9.80 Å². The second-order valence-electron chi connectivity index (χ2n) is 8.45. The van der Waals surface area contributed by atoms with Gasteiger partial charge in [0.1, 0.15) is 6.54 Å². The number of quaternary nitrogens is 1. The van der Waals surface area contributed by atoms with E-state index in [1.54, 1.807) is 4.90 Å². The van der Waals surface area contributed by atoms with Gasteiger partial charge in [-0.05, 0) is 37.3 Å². The van der Waals surface area contributed by atoms with E-state index in [2.05, 4.69) is 33.7 Å². The molecule has 0 saturated carbocycles. The second-order valence-corrected chi connectivity index (χ2v) is 9.40. The van der Waals surface area contributed by atoms with Gasteiger partial charge in [0, 0.05) is 31.3 Å². The highest BCUT2D eigenvalue weighted by molar-refractivity contribution is 7.18. The van der Waals surface area contributed by atoms with Crippen LogP contribution in [-0.4, -0.2) is 54.9 Å². The highest BCUT2D eigenvalue weighted by atomic mass is 32.1. The van der Waals surface area contributed by atoms with Crippen LogP contribution in [0.15, 0.2) is 54.6 Å². The van der Waals surface area contributed by atoms with Crippen molar-refractivity contribution in [1.82, 2.24) is 24.9 Å².